The largest absolute Gasteiger partial charge is 0.497 e. The summed E-state index contributed by atoms with van der Waals surface area (Å²) in [5.41, 5.74) is 1.31. The third-order valence-corrected chi connectivity index (χ3v) is 8.87. The van der Waals surface area contributed by atoms with Gasteiger partial charge in [0.15, 0.2) is 0 Å². The predicted octanol–water partition coefficient (Wildman–Crippen LogP) is 2.79. The lowest BCUT2D eigenvalue weighted by molar-refractivity contribution is 0.0702. The highest BCUT2D eigenvalue weighted by Gasteiger charge is 2.33. The number of hydrogen-bond acceptors (Lipinski definition) is 6. The molecule has 1 aliphatic carbocycles. The summed E-state index contributed by atoms with van der Waals surface area (Å²) in [7, 11) is -0.827. The van der Waals surface area contributed by atoms with Crippen LogP contribution in [0.25, 0.3) is 0 Å². The van der Waals surface area contributed by atoms with E-state index >= 15 is 0 Å². The second-order valence-electron chi connectivity index (χ2n) is 7.48. The summed E-state index contributed by atoms with van der Waals surface area (Å²) in [4.78, 5) is 16.9. The van der Waals surface area contributed by atoms with Crippen molar-refractivity contribution in [1.29, 1.82) is 0 Å². The Morgan fingerprint density at radius 1 is 1.00 bits per heavy atom. The molecule has 1 saturated heterocycles. The fraction of sp³-hybridized carbons (Fsp3) is 0.476. The minimum atomic E-state index is -3.76. The maximum absolute atomic E-state index is 13.2. The van der Waals surface area contributed by atoms with E-state index in [1.807, 2.05) is 6.07 Å². The molecule has 1 aromatic heterocycles. The third-order valence-electron chi connectivity index (χ3n) is 5.72. The molecule has 0 saturated carbocycles. The SMILES string of the molecule is COc1ccc(OC)c(S(=O)(=O)N2CCN(C(=O)c3cc4c(s3)CCCC4)CC2)c1. The average molecular weight is 451 g/mol. The van der Waals surface area contributed by atoms with E-state index in [1.165, 1.54) is 47.9 Å². The van der Waals surface area contributed by atoms with E-state index in [2.05, 4.69) is 0 Å². The molecule has 2 aliphatic rings. The molecule has 7 nitrogen and oxygen atoms in total. The highest BCUT2D eigenvalue weighted by molar-refractivity contribution is 7.89. The first kappa shape index (κ1) is 21.1. The molecule has 4 rings (SSSR count). The molecule has 0 N–H and O–H groups in total. The summed E-state index contributed by atoms with van der Waals surface area (Å²) in [6.45, 7) is 1.24. The monoisotopic (exact) mass is 450 g/mol. The van der Waals surface area contributed by atoms with Gasteiger partial charge in [-0.15, -0.1) is 11.3 Å². The third kappa shape index (κ3) is 3.93. The minimum absolute atomic E-state index is 0.00501. The van der Waals surface area contributed by atoms with Crippen molar-refractivity contribution in [2.45, 2.75) is 30.6 Å². The van der Waals surface area contributed by atoms with Crippen molar-refractivity contribution in [2.75, 3.05) is 40.4 Å². The number of benzene rings is 1. The van der Waals surface area contributed by atoms with Crippen LogP contribution in [0.3, 0.4) is 0 Å². The number of aryl methyl sites for hydroxylation is 2. The Kier molecular flexibility index (Phi) is 6.04. The van der Waals surface area contributed by atoms with Crippen LogP contribution in [0.5, 0.6) is 11.5 Å². The van der Waals surface area contributed by atoms with Gasteiger partial charge in [0.1, 0.15) is 16.4 Å². The van der Waals surface area contributed by atoms with E-state index < -0.39 is 10.0 Å². The smallest absolute Gasteiger partial charge is 0.264 e. The van der Waals surface area contributed by atoms with Gasteiger partial charge in [0.25, 0.3) is 5.91 Å². The number of nitrogens with zero attached hydrogens (tertiary/aromatic N) is 2. The summed E-state index contributed by atoms with van der Waals surface area (Å²) in [6, 6.07) is 6.76. The molecule has 162 valence electrons. The van der Waals surface area contributed by atoms with Gasteiger partial charge in [0.2, 0.25) is 10.0 Å². The summed E-state index contributed by atoms with van der Waals surface area (Å²) < 4.78 is 38.2. The van der Waals surface area contributed by atoms with Crippen LogP contribution in [-0.4, -0.2) is 63.9 Å². The molecular formula is C21H26N2O5S2. The molecule has 1 fully saturated rings. The molecule has 0 unspecified atom stereocenters. The summed E-state index contributed by atoms with van der Waals surface area (Å²) >= 11 is 1.60. The number of piperazine rings is 1. The summed E-state index contributed by atoms with van der Waals surface area (Å²) in [5, 5.41) is 0. The fourth-order valence-electron chi connectivity index (χ4n) is 4.01. The van der Waals surface area contributed by atoms with Crippen LogP contribution < -0.4 is 9.47 Å². The molecule has 0 bridgehead atoms. The minimum Gasteiger partial charge on any atom is -0.497 e. The molecule has 0 spiro atoms. The molecular weight excluding hydrogens is 424 g/mol. The van der Waals surface area contributed by atoms with E-state index in [0.717, 1.165) is 17.7 Å². The Bertz CT molecular complexity index is 1020. The van der Waals surface area contributed by atoms with Gasteiger partial charge in [0.05, 0.1) is 19.1 Å². The van der Waals surface area contributed by atoms with Gasteiger partial charge in [-0.3, -0.25) is 4.79 Å². The molecule has 2 heterocycles. The first-order valence-electron chi connectivity index (χ1n) is 10.1. The standard InChI is InChI=1S/C21H26N2O5S2/c1-27-16-7-8-17(28-2)20(14-16)30(25,26)23-11-9-22(10-12-23)21(24)19-13-15-5-3-4-6-18(15)29-19/h7-8,13-14H,3-6,9-12H2,1-2H3. The zero-order valence-electron chi connectivity index (χ0n) is 17.2. The van der Waals surface area contributed by atoms with Crippen molar-refractivity contribution in [3.8, 4) is 11.5 Å². The second kappa shape index (κ2) is 8.56. The number of rotatable bonds is 5. The van der Waals surface area contributed by atoms with Gasteiger partial charge in [-0.1, -0.05) is 0 Å². The fourth-order valence-corrected chi connectivity index (χ4v) is 6.82. The molecule has 1 aromatic carbocycles. The number of carbonyl (C=O) groups is 1. The van der Waals surface area contributed by atoms with Crippen LogP contribution in [0.4, 0.5) is 0 Å². The van der Waals surface area contributed by atoms with Crippen molar-refractivity contribution in [3.63, 3.8) is 0 Å². The van der Waals surface area contributed by atoms with Crippen LogP contribution in [0, 0.1) is 0 Å². The molecule has 0 radical (unpaired) electrons. The van der Waals surface area contributed by atoms with Crippen LogP contribution in [0.15, 0.2) is 29.2 Å². The topological polar surface area (TPSA) is 76.2 Å². The summed E-state index contributed by atoms with van der Waals surface area (Å²) in [5.74, 6) is 0.730. The van der Waals surface area contributed by atoms with Gasteiger partial charge in [-0.25, -0.2) is 8.42 Å². The van der Waals surface area contributed by atoms with Crippen molar-refractivity contribution in [3.05, 3.63) is 39.6 Å². The van der Waals surface area contributed by atoms with Crippen LogP contribution in [0.1, 0.15) is 33.0 Å². The number of carbonyl (C=O) groups excluding carboxylic acids is 1. The quantitative estimate of drug-likeness (QED) is 0.700. The Hall–Kier alpha value is -2.10. The van der Waals surface area contributed by atoms with Crippen molar-refractivity contribution < 1.29 is 22.7 Å². The zero-order valence-corrected chi connectivity index (χ0v) is 18.9. The second-order valence-corrected chi connectivity index (χ2v) is 10.5. The molecule has 2 aromatic rings. The van der Waals surface area contributed by atoms with Crippen molar-refractivity contribution >= 4 is 27.3 Å². The first-order valence-corrected chi connectivity index (χ1v) is 12.3. The molecule has 9 heteroatoms. The number of methoxy groups -OCH3 is 2. The van der Waals surface area contributed by atoms with E-state index in [-0.39, 0.29) is 29.6 Å². The Morgan fingerprint density at radius 2 is 1.73 bits per heavy atom. The highest BCUT2D eigenvalue weighted by Crippen LogP contribution is 2.32. The maximum Gasteiger partial charge on any atom is 0.264 e. The Labute approximate surface area is 181 Å². The Morgan fingerprint density at radius 3 is 2.40 bits per heavy atom. The van der Waals surface area contributed by atoms with Crippen LogP contribution in [0.2, 0.25) is 0 Å². The first-order chi connectivity index (χ1) is 14.4. The lowest BCUT2D eigenvalue weighted by atomic mass is 9.99. The summed E-state index contributed by atoms with van der Waals surface area (Å²) in [6.07, 6.45) is 4.47. The molecule has 0 atom stereocenters. The van der Waals surface area contributed by atoms with Crippen LogP contribution in [-0.2, 0) is 22.9 Å². The van der Waals surface area contributed by atoms with Crippen LogP contribution >= 0.6 is 11.3 Å². The van der Waals surface area contributed by atoms with Gasteiger partial charge in [-0.05, 0) is 49.4 Å². The number of amides is 1. The number of ether oxygens (including phenoxy) is 2. The van der Waals surface area contributed by atoms with Gasteiger partial charge >= 0.3 is 0 Å². The van der Waals surface area contributed by atoms with E-state index in [1.54, 1.807) is 28.4 Å². The van der Waals surface area contributed by atoms with Gasteiger partial charge in [0, 0.05) is 37.1 Å². The predicted molar refractivity (Wildman–Crippen MR) is 115 cm³/mol. The number of thiophene rings is 1. The van der Waals surface area contributed by atoms with Gasteiger partial charge < -0.3 is 14.4 Å². The lowest BCUT2D eigenvalue weighted by Gasteiger charge is -2.34. The lowest BCUT2D eigenvalue weighted by Crippen LogP contribution is -2.50. The Balaban J connectivity index is 1.47. The maximum atomic E-state index is 13.2. The zero-order chi connectivity index (χ0) is 21.3. The van der Waals surface area contributed by atoms with Crippen molar-refractivity contribution in [1.82, 2.24) is 9.21 Å². The number of sulfonamides is 1. The molecule has 1 aliphatic heterocycles. The highest BCUT2D eigenvalue weighted by atomic mass is 32.2. The number of fused-ring (bicyclic) bond motifs is 1. The normalized spacial score (nSPS) is 17.5. The van der Waals surface area contributed by atoms with E-state index in [4.69, 9.17) is 9.47 Å². The van der Waals surface area contributed by atoms with E-state index in [9.17, 15) is 13.2 Å². The van der Waals surface area contributed by atoms with E-state index in [0.29, 0.717) is 18.8 Å². The molecule has 30 heavy (non-hydrogen) atoms. The van der Waals surface area contributed by atoms with Gasteiger partial charge in [-0.2, -0.15) is 4.31 Å². The average Bonchev–Trinajstić information content (AvgIpc) is 3.22. The van der Waals surface area contributed by atoms with Crippen molar-refractivity contribution in [2.24, 2.45) is 0 Å². The molecule has 1 amide bonds. The number of hydrogen-bond donors (Lipinski definition) is 0.